The molecular weight excluding hydrogens is 312 g/mol. The van der Waals surface area contributed by atoms with Crippen molar-refractivity contribution in [1.29, 1.82) is 0 Å². The summed E-state index contributed by atoms with van der Waals surface area (Å²) in [5.41, 5.74) is 4.12. The summed E-state index contributed by atoms with van der Waals surface area (Å²) in [6.07, 6.45) is 6.25. The zero-order valence-corrected chi connectivity index (χ0v) is 14.7. The quantitative estimate of drug-likeness (QED) is 0.568. The van der Waals surface area contributed by atoms with E-state index in [2.05, 4.69) is 24.4 Å². The lowest BCUT2D eigenvalue weighted by atomic mass is 10.1. The van der Waals surface area contributed by atoms with E-state index in [4.69, 9.17) is 4.74 Å². The number of nitrogens with zero attached hydrogens (tertiary/aromatic N) is 1. The van der Waals surface area contributed by atoms with Crippen LogP contribution in [0, 0.1) is 5.92 Å². The Balaban J connectivity index is 1.78. The fourth-order valence-electron chi connectivity index (χ4n) is 2.04. The molecule has 0 aliphatic rings. The molecule has 2 aromatic carbocycles. The number of carbonyl (C=O) groups is 1. The molecule has 0 aliphatic carbocycles. The van der Waals surface area contributed by atoms with Gasteiger partial charge >= 0.3 is 0 Å². The van der Waals surface area contributed by atoms with Gasteiger partial charge in [0.2, 0.25) is 0 Å². The van der Waals surface area contributed by atoms with Gasteiger partial charge < -0.3 is 4.74 Å². The molecule has 0 aromatic heterocycles. The molecule has 0 fully saturated rings. The van der Waals surface area contributed by atoms with E-state index in [0.717, 1.165) is 17.7 Å². The minimum Gasteiger partial charge on any atom is -0.494 e. The maximum atomic E-state index is 12.0. The number of carbonyl (C=O) groups excluding carboxylic acids is 1. The highest BCUT2D eigenvalue weighted by Gasteiger charge is 2.04. The SMILES string of the molecule is CC(C)CCOc1ccc(C(=O)N/N=C/C=C/c2ccccc2)cc1. The Morgan fingerprint density at radius 3 is 2.52 bits per heavy atom. The fourth-order valence-corrected chi connectivity index (χ4v) is 2.04. The third-order valence-electron chi connectivity index (χ3n) is 3.50. The lowest BCUT2D eigenvalue weighted by Gasteiger charge is -2.08. The zero-order chi connectivity index (χ0) is 17.9. The van der Waals surface area contributed by atoms with Crippen molar-refractivity contribution >= 4 is 18.2 Å². The third kappa shape index (κ3) is 7.04. The second-order valence-electron chi connectivity index (χ2n) is 6.04. The highest BCUT2D eigenvalue weighted by Crippen LogP contribution is 2.13. The Morgan fingerprint density at radius 1 is 1.12 bits per heavy atom. The minimum atomic E-state index is -0.252. The number of allylic oxidation sites excluding steroid dienone is 1. The van der Waals surface area contributed by atoms with E-state index in [0.29, 0.717) is 18.1 Å². The predicted molar refractivity (Wildman–Crippen MR) is 103 cm³/mol. The van der Waals surface area contributed by atoms with Crippen LogP contribution in [0.25, 0.3) is 6.08 Å². The molecule has 2 rings (SSSR count). The average Bonchev–Trinajstić information content (AvgIpc) is 2.62. The summed E-state index contributed by atoms with van der Waals surface area (Å²) in [6.45, 7) is 5.00. The topological polar surface area (TPSA) is 50.7 Å². The van der Waals surface area contributed by atoms with Crippen LogP contribution in [0.15, 0.2) is 65.8 Å². The lowest BCUT2D eigenvalue weighted by Crippen LogP contribution is -2.17. The molecule has 0 saturated carbocycles. The van der Waals surface area contributed by atoms with Gasteiger partial charge in [-0.2, -0.15) is 5.10 Å². The van der Waals surface area contributed by atoms with Crippen molar-refractivity contribution in [2.45, 2.75) is 20.3 Å². The molecule has 0 bridgehead atoms. The van der Waals surface area contributed by atoms with E-state index in [9.17, 15) is 4.79 Å². The Labute approximate surface area is 149 Å². The van der Waals surface area contributed by atoms with Crippen LogP contribution in [0.3, 0.4) is 0 Å². The summed E-state index contributed by atoms with van der Waals surface area (Å²) < 4.78 is 5.64. The Bertz CT molecular complexity index is 704. The van der Waals surface area contributed by atoms with Gasteiger partial charge in [-0.15, -0.1) is 0 Å². The van der Waals surface area contributed by atoms with Gasteiger partial charge in [0.25, 0.3) is 5.91 Å². The smallest absolute Gasteiger partial charge is 0.271 e. The standard InChI is InChI=1S/C21H24N2O2/c1-17(2)14-16-25-20-12-10-19(11-13-20)21(24)23-22-15-6-9-18-7-4-3-5-8-18/h3-13,15,17H,14,16H2,1-2H3,(H,23,24)/b9-6+,22-15+. The van der Waals surface area contributed by atoms with Crippen molar-refractivity contribution in [1.82, 2.24) is 5.43 Å². The highest BCUT2D eigenvalue weighted by molar-refractivity contribution is 5.94. The van der Waals surface area contributed by atoms with Gasteiger partial charge in [-0.3, -0.25) is 4.79 Å². The first-order chi connectivity index (χ1) is 12.1. The number of ether oxygens (including phenoxy) is 1. The molecule has 0 aliphatic heterocycles. The number of benzene rings is 2. The van der Waals surface area contributed by atoms with Gasteiger partial charge in [0.1, 0.15) is 5.75 Å². The van der Waals surface area contributed by atoms with Crippen LogP contribution < -0.4 is 10.2 Å². The number of hydrogen-bond acceptors (Lipinski definition) is 3. The summed E-state index contributed by atoms with van der Waals surface area (Å²) >= 11 is 0. The van der Waals surface area contributed by atoms with Gasteiger partial charge in [-0.1, -0.05) is 50.3 Å². The number of hydrazone groups is 1. The highest BCUT2D eigenvalue weighted by atomic mass is 16.5. The van der Waals surface area contributed by atoms with Crippen molar-refractivity contribution in [2.75, 3.05) is 6.61 Å². The molecule has 0 radical (unpaired) electrons. The van der Waals surface area contributed by atoms with E-state index in [1.54, 1.807) is 36.6 Å². The first kappa shape index (κ1) is 18.5. The van der Waals surface area contributed by atoms with Crippen LogP contribution in [0.1, 0.15) is 36.2 Å². The van der Waals surface area contributed by atoms with Crippen LogP contribution in [0.5, 0.6) is 5.75 Å². The molecular formula is C21H24N2O2. The molecule has 25 heavy (non-hydrogen) atoms. The summed E-state index contributed by atoms with van der Waals surface area (Å²) in [4.78, 5) is 12.0. The van der Waals surface area contributed by atoms with Gasteiger partial charge in [0.05, 0.1) is 6.61 Å². The molecule has 0 spiro atoms. The maximum absolute atomic E-state index is 12.0. The van der Waals surface area contributed by atoms with Crippen molar-refractivity contribution in [2.24, 2.45) is 11.0 Å². The lowest BCUT2D eigenvalue weighted by molar-refractivity contribution is 0.0955. The monoisotopic (exact) mass is 336 g/mol. The molecule has 0 heterocycles. The van der Waals surface area contributed by atoms with Crippen molar-refractivity contribution in [3.63, 3.8) is 0 Å². The molecule has 1 N–H and O–H groups in total. The third-order valence-corrected chi connectivity index (χ3v) is 3.50. The molecule has 4 nitrogen and oxygen atoms in total. The molecule has 0 unspecified atom stereocenters. The second kappa shape index (κ2) is 10.1. The molecule has 0 saturated heterocycles. The van der Waals surface area contributed by atoms with Crippen molar-refractivity contribution < 1.29 is 9.53 Å². The van der Waals surface area contributed by atoms with E-state index in [1.165, 1.54) is 0 Å². The normalized spacial score (nSPS) is 11.3. The van der Waals surface area contributed by atoms with Gasteiger partial charge in [-0.05, 0) is 48.2 Å². The van der Waals surface area contributed by atoms with E-state index >= 15 is 0 Å². The second-order valence-corrected chi connectivity index (χ2v) is 6.04. The van der Waals surface area contributed by atoms with E-state index in [1.807, 2.05) is 36.4 Å². The van der Waals surface area contributed by atoms with Crippen LogP contribution in [-0.4, -0.2) is 18.7 Å². The van der Waals surface area contributed by atoms with Crippen LogP contribution in [0.4, 0.5) is 0 Å². The largest absolute Gasteiger partial charge is 0.494 e. The number of rotatable bonds is 8. The predicted octanol–water partition coefficient (Wildman–Crippen LogP) is 4.54. The number of nitrogens with one attached hydrogen (secondary N) is 1. The Kier molecular flexibility index (Phi) is 7.44. The number of hydrogen-bond donors (Lipinski definition) is 1. The average molecular weight is 336 g/mol. The fraction of sp³-hybridized carbons (Fsp3) is 0.238. The summed E-state index contributed by atoms with van der Waals surface area (Å²) in [5.74, 6) is 1.13. The molecule has 0 atom stereocenters. The molecule has 130 valence electrons. The maximum Gasteiger partial charge on any atom is 0.271 e. The van der Waals surface area contributed by atoms with Crippen LogP contribution in [-0.2, 0) is 0 Å². The van der Waals surface area contributed by atoms with Gasteiger partial charge in [-0.25, -0.2) is 5.43 Å². The molecule has 4 heteroatoms. The zero-order valence-electron chi connectivity index (χ0n) is 14.7. The summed E-state index contributed by atoms with van der Waals surface area (Å²) in [5, 5.41) is 3.91. The van der Waals surface area contributed by atoms with E-state index in [-0.39, 0.29) is 5.91 Å². The van der Waals surface area contributed by atoms with Gasteiger partial charge in [0.15, 0.2) is 0 Å². The summed E-state index contributed by atoms with van der Waals surface area (Å²) in [6, 6.07) is 16.9. The van der Waals surface area contributed by atoms with Crippen LogP contribution in [0.2, 0.25) is 0 Å². The molecule has 1 amide bonds. The van der Waals surface area contributed by atoms with Crippen LogP contribution >= 0.6 is 0 Å². The first-order valence-corrected chi connectivity index (χ1v) is 8.43. The first-order valence-electron chi connectivity index (χ1n) is 8.43. The van der Waals surface area contributed by atoms with E-state index < -0.39 is 0 Å². The van der Waals surface area contributed by atoms with Crippen molar-refractivity contribution in [3.05, 3.63) is 71.8 Å². The number of amides is 1. The Morgan fingerprint density at radius 2 is 1.84 bits per heavy atom. The minimum absolute atomic E-state index is 0.252. The van der Waals surface area contributed by atoms with Crippen molar-refractivity contribution in [3.8, 4) is 5.75 Å². The van der Waals surface area contributed by atoms with Gasteiger partial charge in [0, 0.05) is 11.8 Å². The Hall–Kier alpha value is -2.88. The summed E-state index contributed by atoms with van der Waals surface area (Å²) in [7, 11) is 0. The molecule has 2 aromatic rings.